The van der Waals surface area contributed by atoms with Crippen molar-refractivity contribution in [3.8, 4) is 0 Å². The minimum absolute atomic E-state index is 0.144. The van der Waals surface area contributed by atoms with Gasteiger partial charge in [0, 0.05) is 7.05 Å². The minimum Gasteiger partial charge on any atom is -0.317 e. The van der Waals surface area contributed by atoms with Gasteiger partial charge in [-0.1, -0.05) is 6.92 Å². The zero-order valence-electron chi connectivity index (χ0n) is 10.9. The lowest BCUT2D eigenvalue weighted by atomic mass is 10.3. The molecule has 0 aliphatic carbocycles. The third kappa shape index (κ3) is 6.08. The number of unbranched alkanes of at least 4 members (excludes halogenated alkanes) is 1. The second-order valence-corrected chi connectivity index (χ2v) is 5.96. The van der Waals surface area contributed by atoms with Gasteiger partial charge in [-0.3, -0.25) is 4.68 Å². The Morgan fingerprint density at radius 2 is 2.17 bits per heavy atom. The highest BCUT2D eigenvalue weighted by atomic mass is 32.2. The third-order valence-electron chi connectivity index (χ3n) is 2.36. The van der Waals surface area contributed by atoms with Crippen molar-refractivity contribution in [1.82, 2.24) is 24.8 Å². The van der Waals surface area contributed by atoms with Crippen molar-refractivity contribution in [2.45, 2.75) is 26.3 Å². The molecule has 2 N–H and O–H groups in total. The zero-order valence-corrected chi connectivity index (χ0v) is 11.7. The van der Waals surface area contributed by atoms with Crippen LogP contribution < -0.4 is 10.0 Å². The summed E-state index contributed by atoms with van der Waals surface area (Å²) in [7, 11) is -1.48. The molecule has 18 heavy (non-hydrogen) atoms. The van der Waals surface area contributed by atoms with E-state index in [0.29, 0.717) is 12.2 Å². The van der Waals surface area contributed by atoms with Crippen LogP contribution in [0.3, 0.4) is 0 Å². The summed E-state index contributed by atoms with van der Waals surface area (Å²) in [4.78, 5) is 3.95. The molecular formula is C10H21N5O2S. The number of hydrogen-bond donors (Lipinski definition) is 2. The van der Waals surface area contributed by atoms with E-state index in [4.69, 9.17) is 0 Å². The standard InChI is InChI=1S/C10H21N5O2S/c1-3-11-6-4-5-7-18(16,17)13-8-10-12-9-15(2)14-10/h9,11,13H,3-8H2,1-2H3. The molecule has 0 amide bonds. The zero-order chi connectivity index (χ0) is 13.4. The molecule has 0 aliphatic rings. The molecule has 0 spiro atoms. The fourth-order valence-electron chi connectivity index (χ4n) is 1.43. The van der Waals surface area contributed by atoms with E-state index in [9.17, 15) is 8.42 Å². The highest BCUT2D eigenvalue weighted by Crippen LogP contribution is 1.96. The highest BCUT2D eigenvalue weighted by molar-refractivity contribution is 7.89. The maximum absolute atomic E-state index is 11.6. The van der Waals surface area contributed by atoms with Crippen molar-refractivity contribution in [3.05, 3.63) is 12.2 Å². The van der Waals surface area contributed by atoms with Crippen molar-refractivity contribution >= 4 is 10.0 Å². The van der Waals surface area contributed by atoms with Gasteiger partial charge in [0.25, 0.3) is 0 Å². The first kappa shape index (κ1) is 15.1. The number of aryl methyl sites for hydroxylation is 1. The third-order valence-corrected chi connectivity index (χ3v) is 3.77. The Hall–Kier alpha value is -0.990. The van der Waals surface area contributed by atoms with E-state index in [1.165, 1.54) is 0 Å². The second-order valence-electron chi connectivity index (χ2n) is 4.04. The molecule has 7 nitrogen and oxygen atoms in total. The van der Waals surface area contributed by atoms with Crippen LogP contribution in [0.25, 0.3) is 0 Å². The van der Waals surface area contributed by atoms with Crippen LogP contribution in [-0.2, 0) is 23.6 Å². The molecule has 0 saturated carbocycles. The van der Waals surface area contributed by atoms with Gasteiger partial charge in [0.2, 0.25) is 10.0 Å². The average molecular weight is 275 g/mol. The predicted octanol–water partition coefficient (Wildman–Crippen LogP) is -0.376. The summed E-state index contributed by atoms with van der Waals surface area (Å²) < 4.78 is 27.3. The minimum atomic E-state index is -3.22. The van der Waals surface area contributed by atoms with E-state index in [1.54, 1.807) is 18.1 Å². The van der Waals surface area contributed by atoms with Crippen LogP contribution in [0.15, 0.2) is 6.33 Å². The van der Waals surface area contributed by atoms with Crippen LogP contribution in [0.2, 0.25) is 0 Å². The molecule has 0 saturated heterocycles. The summed E-state index contributed by atoms with van der Waals surface area (Å²) in [6.07, 6.45) is 3.05. The van der Waals surface area contributed by atoms with Gasteiger partial charge in [-0.25, -0.2) is 18.1 Å². The molecule has 0 aliphatic heterocycles. The smallest absolute Gasteiger partial charge is 0.212 e. The van der Waals surface area contributed by atoms with Gasteiger partial charge in [-0.15, -0.1) is 0 Å². The van der Waals surface area contributed by atoms with E-state index in [0.717, 1.165) is 19.5 Å². The topological polar surface area (TPSA) is 88.9 Å². The fourth-order valence-corrected chi connectivity index (χ4v) is 2.51. The van der Waals surface area contributed by atoms with Crippen molar-refractivity contribution in [2.75, 3.05) is 18.8 Å². The SMILES string of the molecule is CCNCCCCS(=O)(=O)NCc1ncn(C)n1. The lowest BCUT2D eigenvalue weighted by Gasteiger charge is -2.05. The van der Waals surface area contributed by atoms with Crippen LogP contribution in [0.1, 0.15) is 25.6 Å². The van der Waals surface area contributed by atoms with Crippen LogP contribution in [0.5, 0.6) is 0 Å². The van der Waals surface area contributed by atoms with Gasteiger partial charge in [-0.2, -0.15) is 5.10 Å². The largest absolute Gasteiger partial charge is 0.317 e. The van der Waals surface area contributed by atoms with Crippen LogP contribution in [0.4, 0.5) is 0 Å². The molecule has 104 valence electrons. The van der Waals surface area contributed by atoms with Crippen molar-refractivity contribution in [3.63, 3.8) is 0 Å². The Labute approximate surface area is 108 Å². The first-order chi connectivity index (χ1) is 8.53. The number of rotatable bonds is 9. The monoisotopic (exact) mass is 275 g/mol. The summed E-state index contributed by atoms with van der Waals surface area (Å²) in [5.74, 6) is 0.624. The molecule has 0 unspecified atom stereocenters. The maximum atomic E-state index is 11.6. The summed E-state index contributed by atoms with van der Waals surface area (Å²) >= 11 is 0. The Balaban J connectivity index is 2.23. The normalized spacial score (nSPS) is 11.9. The molecule has 0 atom stereocenters. The Morgan fingerprint density at radius 3 is 2.78 bits per heavy atom. The molecule has 1 heterocycles. The molecule has 0 fully saturated rings. The van der Waals surface area contributed by atoms with E-state index < -0.39 is 10.0 Å². The fraction of sp³-hybridized carbons (Fsp3) is 0.800. The quantitative estimate of drug-likeness (QED) is 0.600. The molecule has 1 aromatic rings. The van der Waals surface area contributed by atoms with E-state index in [1.807, 2.05) is 6.92 Å². The number of sulfonamides is 1. The highest BCUT2D eigenvalue weighted by Gasteiger charge is 2.10. The molecular weight excluding hydrogens is 254 g/mol. The number of nitrogens with zero attached hydrogens (tertiary/aromatic N) is 3. The Bertz CT molecular complexity index is 443. The van der Waals surface area contributed by atoms with E-state index >= 15 is 0 Å². The van der Waals surface area contributed by atoms with Crippen molar-refractivity contribution < 1.29 is 8.42 Å². The lowest BCUT2D eigenvalue weighted by Crippen LogP contribution is -2.27. The van der Waals surface area contributed by atoms with Gasteiger partial charge in [-0.05, 0) is 25.9 Å². The van der Waals surface area contributed by atoms with Crippen LogP contribution >= 0.6 is 0 Å². The Morgan fingerprint density at radius 1 is 1.39 bits per heavy atom. The van der Waals surface area contributed by atoms with Crippen molar-refractivity contribution in [1.29, 1.82) is 0 Å². The van der Waals surface area contributed by atoms with Gasteiger partial charge < -0.3 is 5.32 Å². The van der Waals surface area contributed by atoms with Crippen LogP contribution in [0, 0.1) is 0 Å². The lowest BCUT2D eigenvalue weighted by molar-refractivity contribution is 0.571. The molecule has 8 heteroatoms. The van der Waals surface area contributed by atoms with E-state index in [-0.39, 0.29) is 12.3 Å². The van der Waals surface area contributed by atoms with Gasteiger partial charge in [0.1, 0.15) is 6.33 Å². The van der Waals surface area contributed by atoms with Gasteiger partial charge >= 0.3 is 0 Å². The first-order valence-electron chi connectivity index (χ1n) is 6.06. The van der Waals surface area contributed by atoms with Gasteiger partial charge in [0.05, 0.1) is 12.3 Å². The molecule has 0 radical (unpaired) electrons. The predicted molar refractivity (Wildman–Crippen MR) is 69.4 cm³/mol. The first-order valence-corrected chi connectivity index (χ1v) is 7.71. The van der Waals surface area contributed by atoms with Crippen molar-refractivity contribution in [2.24, 2.45) is 7.05 Å². The molecule has 0 bridgehead atoms. The molecule has 1 rings (SSSR count). The average Bonchev–Trinajstić information content (AvgIpc) is 2.73. The summed E-state index contributed by atoms with van der Waals surface area (Å²) in [6.45, 7) is 3.94. The van der Waals surface area contributed by atoms with E-state index in [2.05, 4.69) is 20.1 Å². The summed E-state index contributed by atoms with van der Waals surface area (Å²) in [6, 6.07) is 0. The molecule has 1 aromatic heterocycles. The summed E-state index contributed by atoms with van der Waals surface area (Å²) in [5.41, 5.74) is 0. The number of nitrogens with one attached hydrogen (secondary N) is 2. The Kier molecular flexibility index (Phi) is 6.23. The second kappa shape index (κ2) is 7.45. The molecule has 0 aromatic carbocycles. The van der Waals surface area contributed by atoms with Crippen LogP contribution in [-0.4, -0.2) is 42.0 Å². The number of aromatic nitrogens is 3. The number of hydrogen-bond acceptors (Lipinski definition) is 5. The van der Waals surface area contributed by atoms with Gasteiger partial charge in [0.15, 0.2) is 5.82 Å². The maximum Gasteiger partial charge on any atom is 0.212 e. The summed E-state index contributed by atoms with van der Waals surface area (Å²) in [5, 5.41) is 7.16.